The van der Waals surface area contributed by atoms with Crippen molar-refractivity contribution in [3.8, 4) is 11.4 Å². The molecule has 6 heteroatoms. The van der Waals surface area contributed by atoms with Crippen molar-refractivity contribution in [2.24, 2.45) is 0 Å². The number of nitrogen functional groups attached to an aromatic ring is 2. The van der Waals surface area contributed by atoms with Gasteiger partial charge in [0.15, 0.2) is 5.82 Å². The van der Waals surface area contributed by atoms with E-state index < -0.39 is 0 Å². The highest BCUT2D eigenvalue weighted by Gasteiger charge is 2.10. The summed E-state index contributed by atoms with van der Waals surface area (Å²) in [5.74, 6) is 0.730. The summed E-state index contributed by atoms with van der Waals surface area (Å²) in [7, 11) is 0. The number of rotatable bonds is 3. The first kappa shape index (κ1) is 13.4. The van der Waals surface area contributed by atoms with E-state index in [1.54, 1.807) is 11.8 Å². The zero-order valence-electron chi connectivity index (χ0n) is 11.1. The molecule has 0 unspecified atom stereocenters. The van der Waals surface area contributed by atoms with E-state index in [1.165, 1.54) is 0 Å². The molecule has 0 fully saturated rings. The number of benzene rings is 2. The standard InChI is InChI=1S/C15H13N5S/c16-14-18-13(19-15(17)20-14)11-8-4-5-9-12(11)21-10-6-2-1-3-7-10/h1-9H,(H4,16,17,18,19,20). The molecule has 2 aromatic carbocycles. The maximum atomic E-state index is 5.65. The van der Waals surface area contributed by atoms with E-state index in [1.807, 2.05) is 42.5 Å². The highest BCUT2D eigenvalue weighted by molar-refractivity contribution is 7.99. The average molecular weight is 295 g/mol. The van der Waals surface area contributed by atoms with Gasteiger partial charge in [-0.15, -0.1) is 0 Å². The molecule has 0 amide bonds. The van der Waals surface area contributed by atoms with Gasteiger partial charge in [0.25, 0.3) is 0 Å². The molecule has 3 rings (SSSR count). The predicted octanol–water partition coefficient (Wildman–Crippen LogP) is 2.85. The topological polar surface area (TPSA) is 90.7 Å². The number of hydrogen-bond acceptors (Lipinski definition) is 6. The summed E-state index contributed by atoms with van der Waals surface area (Å²) in [4.78, 5) is 14.3. The summed E-state index contributed by atoms with van der Waals surface area (Å²) < 4.78 is 0. The van der Waals surface area contributed by atoms with Crippen molar-refractivity contribution >= 4 is 23.7 Å². The quantitative estimate of drug-likeness (QED) is 0.772. The molecule has 0 atom stereocenters. The maximum Gasteiger partial charge on any atom is 0.225 e. The summed E-state index contributed by atoms with van der Waals surface area (Å²) in [5, 5.41) is 0. The summed E-state index contributed by atoms with van der Waals surface area (Å²) in [6.45, 7) is 0. The molecule has 0 saturated heterocycles. The first-order valence-electron chi connectivity index (χ1n) is 6.32. The van der Waals surface area contributed by atoms with Crippen LogP contribution in [0.5, 0.6) is 0 Å². The molecule has 0 aliphatic heterocycles. The van der Waals surface area contributed by atoms with E-state index in [0.717, 1.165) is 15.4 Å². The van der Waals surface area contributed by atoms with Crippen LogP contribution in [0.3, 0.4) is 0 Å². The van der Waals surface area contributed by atoms with Crippen molar-refractivity contribution in [3.05, 3.63) is 54.6 Å². The highest BCUT2D eigenvalue weighted by Crippen LogP contribution is 2.34. The van der Waals surface area contributed by atoms with Crippen LogP contribution in [0.4, 0.5) is 11.9 Å². The van der Waals surface area contributed by atoms with E-state index in [9.17, 15) is 0 Å². The molecule has 1 aromatic heterocycles. The Morgan fingerprint density at radius 2 is 1.33 bits per heavy atom. The van der Waals surface area contributed by atoms with E-state index >= 15 is 0 Å². The normalized spacial score (nSPS) is 10.5. The van der Waals surface area contributed by atoms with Crippen LogP contribution < -0.4 is 11.5 Å². The van der Waals surface area contributed by atoms with Gasteiger partial charge >= 0.3 is 0 Å². The first-order valence-corrected chi connectivity index (χ1v) is 7.13. The van der Waals surface area contributed by atoms with Crippen LogP contribution in [0.15, 0.2) is 64.4 Å². The van der Waals surface area contributed by atoms with Gasteiger partial charge in [0.2, 0.25) is 11.9 Å². The molecule has 0 aliphatic rings. The molecule has 1 heterocycles. The van der Waals surface area contributed by atoms with Gasteiger partial charge in [-0.2, -0.15) is 15.0 Å². The lowest BCUT2D eigenvalue weighted by molar-refractivity contribution is 1.08. The molecule has 0 spiro atoms. The highest BCUT2D eigenvalue weighted by atomic mass is 32.2. The van der Waals surface area contributed by atoms with Crippen LogP contribution in [-0.2, 0) is 0 Å². The fourth-order valence-corrected chi connectivity index (χ4v) is 2.85. The Kier molecular flexibility index (Phi) is 3.70. The van der Waals surface area contributed by atoms with E-state index in [0.29, 0.717) is 5.82 Å². The van der Waals surface area contributed by atoms with Gasteiger partial charge < -0.3 is 11.5 Å². The molecule has 0 radical (unpaired) electrons. The molecule has 0 aliphatic carbocycles. The maximum absolute atomic E-state index is 5.65. The Morgan fingerprint density at radius 1 is 0.714 bits per heavy atom. The van der Waals surface area contributed by atoms with Gasteiger partial charge in [-0.05, 0) is 18.2 Å². The van der Waals surface area contributed by atoms with E-state index in [-0.39, 0.29) is 11.9 Å². The largest absolute Gasteiger partial charge is 0.368 e. The van der Waals surface area contributed by atoms with Crippen LogP contribution in [0.1, 0.15) is 0 Å². The van der Waals surface area contributed by atoms with Gasteiger partial charge in [0.05, 0.1) is 0 Å². The van der Waals surface area contributed by atoms with Crippen LogP contribution in [0.25, 0.3) is 11.4 Å². The Bertz CT molecular complexity index is 741. The molecule has 0 bridgehead atoms. The Balaban J connectivity index is 2.03. The Hall–Kier alpha value is -2.60. The molecule has 104 valence electrons. The third kappa shape index (κ3) is 3.11. The SMILES string of the molecule is Nc1nc(N)nc(-c2ccccc2Sc2ccccc2)n1. The van der Waals surface area contributed by atoms with Crippen LogP contribution in [0.2, 0.25) is 0 Å². The van der Waals surface area contributed by atoms with Gasteiger partial charge in [-0.3, -0.25) is 0 Å². The minimum absolute atomic E-state index is 0.122. The minimum atomic E-state index is 0.122. The second kappa shape index (κ2) is 5.80. The average Bonchev–Trinajstić information content (AvgIpc) is 2.48. The van der Waals surface area contributed by atoms with Gasteiger partial charge in [-0.25, -0.2) is 0 Å². The molecule has 4 N–H and O–H groups in total. The van der Waals surface area contributed by atoms with Crippen molar-refractivity contribution in [2.45, 2.75) is 9.79 Å². The third-order valence-corrected chi connectivity index (χ3v) is 3.85. The number of aromatic nitrogens is 3. The van der Waals surface area contributed by atoms with Crippen molar-refractivity contribution in [1.29, 1.82) is 0 Å². The summed E-state index contributed by atoms with van der Waals surface area (Å²) in [6.07, 6.45) is 0. The second-order valence-electron chi connectivity index (χ2n) is 4.29. The summed E-state index contributed by atoms with van der Waals surface area (Å²) in [5.41, 5.74) is 12.2. The van der Waals surface area contributed by atoms with E-state index in [4.69, 9.17) is 11.5 Å². The number of nitrogens with zero attached hydrogens (tertiary/aromatic N) is 3. The number of anilines is 2. The molecule has 21 heavy (non-hydrogen) atoms. The van der Waals surface area contributed by atoms with Crippen LogP contribution >= 0.6 is 11.8 Å². The third-order valence-electron chi connectivity index (χ3n) is 2.77. The molecule has 0 saturated carbocycles. The zero-order chi connectivity index (χ0) is 14.7. The lowest BCUT2D eigenvalue weighted by Gasteiger charge is -2.08. The van der Waals surface area contributed by atoms with Crippen molar-refractivity contribution in [3.63, 3.8) is 0 Å². The lowest BCUT2D eigenvalue weighted by Crippen LogP contribution is -2.04. The monoisotopic (exact) mass is 295 g/mol. The van der Waals surface area contributed by atoms with Crippen molar-refractivity contribution < 1.29 is 0 Å². The zero-order valence-corrected chi connectivity index (χ0v) is 11.9. The van der Waals surface area contributed by atoms with Crippen molar-refractivity contribution in [1.82, 2.24) is 15.0 Å². The molecule has 3 aromatic rings. The fourth-order valence-electron chi connectivity index (χ4n) is 1.89. The smallest absolute Gasteiger partial charge is 0.225 e. The van der Waals surface area contributed by atoms with Crippen molar-refractivity contribution in [2.75, 3.05) is 11.5 Å². The summed E-state index contributed by atoms with van der Waals surface area (Å²) in [6, 6.07) is 18.0. The van der Waals surface area contributed by atoms with Crippen LogP contribution in [0, 0.1) is 0 Å². The van der Waals surface area contributed by atoms with Crippen LogP contribution in [-0.4, -0.2) is 15.0 Å². The molecular weight excluding hydrogens is 282 g/mol. The van der Waals surface area contributed by atoms with Gasteiger partial charge in [0.1, 0.15) is 0 Å². The number of nitrogens with two attached hydrogens (primary N) is 2. The van der Waals surface area contributed by atoms with E-state index in [2.05, 4.69) is 27.1 Å². The number of hydrogen-bond donors (Lipinski definition) is 2. The second-order valence-corrected chi connectivity index (χ2v) is 5.40. The summed E-state index contributed by atoms with van der Waals surface area (Å²) >= 11 is 1.64. The molecule has 5 nitrogen and oxygen atoms in total. The van der Waals surface area contributed by atoms with Gasteiger partial charge in [-0.1, -0.05) is 48.2 Å². The fraction of sp³-hybridized carbons (Fsp3) is 0. The Labute approximate surface area is 126 Å². The predicted molar refractivity (Wildman–Crippen MR) is 84.7 cm³/mol. The minimum Gasteiger partial charge on any atom is -0.368 e. The first-order chi connectivity index (χ1) is 10.2. The Morgan fingerprint density at radius 3 is 2.05 bits per heavy atom. The molecular formula is C15H13N5S. The lowest BCUT2D eigenvalue weighted by atomic mass is 10.2. The van der Waals surface area contributed by atoms with Gasteiger partial charge in [0, 0.05) is 15.4 Å².